The molecule has 19 heavy (non-hydrogen) atoms. The van der Waals surface area contributed by atoms with Gasteiger partial charge in [0.25, 0.3) is 0 Å². The number of nitrogens with zero attached hydrogens (tertiary/aromatic N) is 2. The first-order valence-corrected chi connectivity index (χ1v) is 6.40. The molecule has 1 unspecified atom stereocenters. The second kappa shape index (κ2) is 5.84. The van der Waals surface area contributed by atoms with E-state index in [9.17, 15) is 4.79 Å². The number of aromatic nitrogens is 2. The van der Waals surface area contributed by atoms with E-state index in [0.717, 1.165) is 17.1 Å². The normalized spacial score (nSPS) is 12.6. The van der Waals surface area contributed by atoms with Crippen LogP contribution in [0.3, 0.4) is 0 Å². The van der Waals surface area contributed by atoms with Crippen LogP contribution in [0.1, 0.15) is 30.1 Å². The first-order valence-electron chi connectivity index (χ1n) is 6.40. The Balaban J connectivity index is 1.95. The molecule has 5 nitrogen and oxygen atoms in total. The van der Waals surface area contributed by atoms with Crippen LogP contribution < -0.4 is 11.0 Å². The highest BCUT2D eigenvalue weighted by Crippen LogP contribution is 2.11. The van der Waals surface area contributed by atoms with Gasteiger partial charge in [0.2, 0.25) is 0 Å². The van der Waals surface area contributed by atoms with E-state index in [2.05, 4.69) is 10.3 Å². The SMILES string of the molecule is Cc1cc(C)n(CCNC(C)c2ccco2)c(=O)n1. The van der Waals surface area contributed by atoms with Crippen molar-refractivity contribution in [3.63, 3.8) is 0 Å². The molecule has 0 fully saturated rings. The van der Waals surface area contributed by atoms with Crippen LogP contribution in [0.25, 0.3) is 0 Å². The molecule has 0 saturated carbocycles. The number of aryl methyl sites for hydroxylation is 2. The van der Waals surface area contributed by atoms with Crippen LogP contribution in [-0.4, -0.2) is 16.1 Å². The molecule has 0 spiro atoms. The van der Waals surface area contributed by atoms with Crippen molar-refractivity contribution in [1.29, 1.82) is 0 Å². The molecule has 2 aromatic rings. The van der Waals surface area contributed by atoms with E-state index >= 15 is 0 Å². The third-order valence-electron chi connectivity index (χ3n) is 3.10. The van der Waals surface area contributed by atoms with E-state index in [-0.39, 0.29) is 11.7 Å². The van der Waals surface area contributed by atoms with Crippen molar-refractivity contribution in [1.82, 2.24) is 14.9 Å². The van der Waals surface area contributed by atoms with Gasteiger partial charge in [0.15, 0.2) is 0 Å². The van der Waals surface area contributed by atoms with Crippen LogP contribution in [0, 0.1) is 13.8 Å². The Morgan fingerprint density at radius 1 is 1.47 bits per heavy atom. The van der Waals surface area contributed by atoms with Gasteiger partial charge in [-0.1, -0.05) is 0 Å². The van der Waals surface area contributed by atoms with Gasteiger partial charge in [-0.15, -0.1) is 0 Å². The maximum Gasteiger partial charge on any atom is 0.347 e. The van der Waals surface area contributed by atoms with Crippen LogP contribution >= 0.6 is 0 Å². The number of hydrogen-bond acceptors (Lipinski definition) is 4. The standard InChI is InChI=1S/C14H19N3O2/c1-10-9-11(2)17(14(18)16-10)7-6-15-12(3)13-5-4-8-19-13/h4-5,8-9,12,15H,6-7H2,1-3H3. The van der Waals surface area contributed by atoms with E-state index < -0.39 is 0 Å². The van der Waals surface area contributed by atoms with Crippen molar-refractivity contribution in [2.45, 2.75) is 33.4 Å². The summed E-state index contributed by atoms with van der Waals surface area (Å²) in [7, 11) is 0. The van der Waals surface area contributed by atoms with Crippen LogP contribution in [0.15, 0.2) is 33.7 Å². The molecule has 0 aliphatic carbocycles. The number of nitrogens with one attached hydrogen (secondary N) is 1. The number of hydrogen-bond donors (Lipinski definition) is 1. The quantitative estimate of drug-likeness (QED) is 0.891. The monoisotopic (exact) mass is 261 g/mol. The molecule has 0 radical (unpaired) electrons. The molecule has 102 valence electrons. The molecule has 1 N–H and O–H groups in total. The van der Waals surface area contributed by atoms with Crippen molar-refractivity contribution in [3.05, 3.63) is 52.1 Å². The Hall–Kier alpha value is -1.88. The van der Waals surface area contributed by atoms with Gasteiger partial charge in [0.1, 0.15) is 5.76 Å². The summed E-state index contributed by atoms with van der Waals surface area (Å²) in [6, 6.07) is 5.84. The fraction of sp³-hybridized carbons (Fsp3) is 0.429. The third-order valence-corrected chi connectivity index (χ3v) is 3.10. The van der Waals surface area contributed by atoms with Crippen LogP contribution in [0.5, 0.6) is 0 Å². The second-order valence-corrected chi connectivity index (χ2v) is 4.66. The number of rotatable bonds is 5. The molecule has 1 atom stereocenters. The maximum absolute atomic E-state index is 11.8. The fourth-order valence-electron chi connectivity index (χ4n) is 2.08. The highest BCUT2D eigenvalue weighted by atomic mass is 16.3. The summed E-state index contributed by atoms with van der Waals surface area (Å²) in [6.07, 6.45) is 1.66. The molecule has 0 aliphatic rings. The van der Waals surface area contributed by atoms with E-state index in [4.69, 9.17) is 4.42 Å². The van der Waals surface area contributed by atoms with Gasteiger partial charge in [-0.2, -0.15) is 4.98 Å². The van der Waals surface area contributed by atoms with Crippen LogP contribution in [-0.2, 0) is 6.54 Å². The van der Waals surface area contributed by atoms with Gasteiger partial charge in [-0.05, 0) is 39.0 Å². The number of furan rings is 1. The molecule has 2 aromatic heterocycles. The predicted molar refractivity (Wildman–Crippen MR) is 73.1 cm³/mol. The summed E-state index contributed by atoms with van der Waals surface area (Å²) in [6.45, 7) is 7.07. The Bertz CT molecular complexity index is 587. The molecule has 0 aliphatic heterocycles. The van der Waals surface area contributed by atoms with Crippen molar-refractivity contribution in [2.24, 2.45) is 0 Å². The average molecular weight is 261 g/mol. The summed E-state index contributed by atoms with van der Waals surface area (Å²) < 4.78 is 6.99. The zero-order valence-electron chi connectivity index (χ0n) is 11.5. The Labute approximate surface area is 112 Å². The first kappa shape index (κ1) is 13.5. The second-order valence-electron chi connectivity index (χ2n) is 4.66. The molecule has 0 bridgehead atoms. The summed E-state index contributed by atoms with van der Waals surface area (Å²) in [5.41, 5.74) is 1.51. The molecular formula is C14H19N3O2. The predicted octanol–water partition coefficient (Wildman–Crippen LogP) is 1.80. The highest BCUT2D eigenvalue weighted by Gasteiger charge is 2.08. The largest absolute Gasteiger partial charge is 0.468 e. The average Bonchev–Trinajstić information content (AvgIpc) is 2.85. The van der Waals surface area contributed by atoms with Crippen LogP contribution in [0.4, 0.5) is 0 Å². The van der Waals surface area contributed by atoms with Crippen molar-refractivity contribution in [2.75, 3.05) is 6.54 Å². The highest BCUT2D eigenvalue weighted by molar-refractivity contribution is 5.06. The topological polar surface area (TPSA) is 60.1 Å². The Kier molecular flexibility index (Phi) is 4.16. The van der Waals surface area contributed by atoms with Gasteiger partial charge in [-0.25, -0.2) is 4.79 Å². The maximum atomic E-state index is 11.8. The lowest BCUT2D eigenvalue weighted by Gasteiger charge is -2.13. The van der Waals surface area contributed by atoms with E-state index in [1.807, 2.05) is 39.0 Å². The van der Waals surface area contributed by atoms with Gasteiger partial charge in [0.05, 0.1) is 12.3 Å². The third kappa shape index (κ3) is 3.32. The summed E-state index contributed by atoms with van der Waals surface area (Å²) >= 11 is 0. The molecule has 5 heteroatoms. The van der Waals surface area contributed by atoms with Crippen molar-refractivity contribution < 1.29 is 4.42 Å². The smallest absolute Gasteiger partial charge is 0.347 e. The molecule has 0 aromatic carbocycles. The Morgan fingerprint density at radius 3 is 2.89 bits per heavy atom. The van der Waals surface area contributed by atoms with Gasteiger partial charge >= 0.3 is 5.69 Å². The zero-order chi connectivity index (χ0) is 13.8. The van der Waals surface area contributed by atoms with E-state index in [1.54, 1.807) is 10.8 Å². The van der Waals surface area contributed by atoms with Crippen LogP contribution in [0.2, 0.25) is 0 Å². The fourth-order valence-corrected chi connectivity index (χ4v) is 2.08. The molecule has 0 amide bonds. The van der Waals surface area contributed by atoms with Crippen molar-refractivity contribution >= 4 is 0 Å². The molecular weight excluding hydrogens is 242 g/mol. The first-order chi connectivity index (χ1) is 9.08. The molecule has 0 saturated heterocycles. The Morgan fingerprint density at radius 2 is 2.26 bits per heavy atom. The molecule has 2 heterocycles. The zero-order valence-corrected chi connectivity index (χ0v) is 11.5. The minimum absolute atomic E-state index is 0.129. The minimum Gasteiger partial charge on any atom is -0.468 e. The van der Waals surface area contributed by atoms with E-state index in [0.29, 0.717) is 13.1 Å². The lowest BCUT2D eigenvalue weighted by molar-refractivity contribution is 0.420. The summed E-state index contributed by atoms with van der Waals surface area (Å²) in [5.74, 6) is 0.895. The lowest BCUT2D eigenvalue weighted by Crippen LogP contribution is -2.31. The lowest BCUT2D eigenvalue weighted by atomic mass is 10.2. The molecule has 2 rings (SSSR count). The summed E-state index contributed by atoms with van der Waals surface area (Å²) in [5, 5.41) is 3.32. The van der Waals surface area contributed by atoms with Crippen molar-refractivity contribution in [3.8, 4) is 0 Å². The van der Waals surface area contributed by atoms with Gasteiger partial charge < -0.3 is 9.73 Å². The van der Waals surface area contributed by atoms with Gasteiger partial charge in [-0.3, -0.25) is 4.57 Å². The van der Waals surface area contributed by atoms with E-state index in [1.165, 1.54) is 0 Å². The van der Waals surface area contributed by atoms with Gasteiger partial charge in [0, 0.05) is 24.5 Å². The minimum atomic E-state index is -0.190. The summed E-state index contributed by atoms with van der Waals surface area (Å²) in [4.78, 5) is 15.7.